The first kappa shape index (κ1) is 11.4. The standard InChI is InChI=1S/C13H20N2O/c1-10-5-3-4-8-15(10)12-6-7-13(11(2)16)14-9-12/h6-7,9-11,16H,3-5,8H2,1-2H3/t10?,11-/m0/s1. The maximum Gasteiger partial charge on any atom is 0.0931 e. The molecule has 0 amide bonds. The molecule has 2 rings (SSSR count). The first-order chi connectivity index (χ1) is 7.68. The Hall–Kier alpha value is -1.09. The van der Waals surface area contributed by atoms with Gasteiger partial charge in [0, 0.05) is 12.6 Å². The van der Waals surface area contributed by atoms with Crippen LogP contribution in [0.3, 0.4) is 0 Å². The molecule has 0 saturated carbocycles. The minimum absolute atomic E-state index is 0.479. The first-order valence-electron chi connectivity index (χ1n) is 6.09. The molecule has 3 heteroatoms. The summed E-state index contributed by atoms with van der Waals surface area (Å²) in [6.07, 6.45) is 5.26. The lowest BCUT2D eigenvalue weighted by Crippen LogP contribution is -2.37. The monoisotopic (exact) mass is 220 g/mol. The number of aliphatic hydroxyl groups excluding tert-OH is 1. The molecule has 2 atom stereocenters. The number of nitrogens with zero attached hydrogens (tertiary/aromatic N) is 2. The Bertz CT molecular complexity index is 334. The highest BCUT2D eigenvalue weighted by Crippen LogP contribution is 2.24. The van der Waals surface area contributed by atoms with Crippen LogP contribution in [0.5, 0.6) is 0 Å². The van der Waals surface area contributed by atoms with Crippen LogP contribution >= 0.6 is 0 Å². The van der Waals surface area contributed by atoms with E-state index in [4.69, 9.17) is 0 Å². The van der Waals surface area contributed by atoms with Crippen molar-refractivity contribution < 1.29 is 5.11 Å². The highest BCUT2D eigenvalue weighted by Gasteiger charge is 2.18. The van der Waals surface area contributed by atoms with Crippen LogP contribution in [0.25, 0.3) is 0 Å². The summed E-state index contributed by atoms with van der Waals surface area (Å²) in [5.41, 5.74) is 1.92. The van der Waals surface area contributed by atoms with Crippen molar-refractivity contribution in [3.05, 3.63) is 24.0 Å². The topological polar surface area (TPSA) is 36.4 Å². The van der Waals surface area contributed by atoms with Crippen LogP contribution in [0, 0.1) is 0 Å². The summed E-state index contributed by atoms with van der Waals surface area (Å²) in [5, 5.41) is 9.40. The molecule has 1 aromatic rings. The number of hydrogen-bond donors (Lipinski definition) is 1. The second-order valence-electron chi connectivity index (χ2n) is 4.66. The Morgan fingerprint density at radius 3 is 2.81 bits per heavy atom. The van der Waals surface area contributed by atoms with E-state index in [0.717, 1.165) is 12.2 Å². The van der Waals surface area contributed by atoms with Gasteiger partial charge in [-0.3, -0.25) is 4.98 Å². The van der Waals surface area contributed by atoms with E-state index in [1.165, 1.54) is 24.9 Å². The van der Waals surface area contributed by atoms with Gasteiger partial charge in [0.05, 0.1) is 23.7 Å². The largest absolute Gasteiger partial charge is 0.387 e. The minimum atomic E-state index is -0.479. The summed E-state index contributed by atoms with van der Waals surface area (Å²) in [5.74, 6) is 0. The fraction of sp³-hybridized carbons (Fsp3) is 0.615. The third-order valence-corrected chi connectivity index (χ3v) is 3.33. The van der Waals surface area contributed by atoms with Crippen molar-refractivity contribution in [2.45, 2.75) is 45.3 Å². The fourth-order valence-electron chi connectivity index (χ4n) is 2.30. The molecular formula is C13H20N2O. The van der Waals surface area contributed by atoms with E-state index in [-0.39, 0.29) is 0 Å². The lowest BCUT2D eigenvalue weighted by Gasteiger charge is -2.35. The van der Waals surface area contributed by atoms with Crippen LogP contribution in [0.1, 0.15) is 44.9 Å². The second kappa shape index (κ2) is 4.83. The van der Waals surface area contributed by atoms with Gasteiger partial charge in [0.15, 0.2) is 0 Å². The van der Waals surface area contributed by atoms with Crippen molar-refractivity contribution in [1.82, 2.24) is 4.98 Å². The van der Waals surface area contributed by atoms with E-state index in [9.17, 15) is 5.11 Å². The Morgan fingerprint density at radius 1 is 1.44 bits per heavy atom. The third kappa shape index (κ3) is 2.35. The van der Waals surface area contributed by atoms with Gasteiger partial charge < -0.3 is 10.0 Å². The van der Waals surface area contributed by atoms with E-state index in [0.29, 0.717) is 6.04 Å². The minimum Gasteiger partial charge on any atom is -0.387 e. The molecule has 1 aromatic heterocycles. The molecular weight excluding hydrogens is 200 g/mol. The predicted molar refractivity (Wildman–Crippen MR) is 65.5 cm³/mol. The molecule has 88 valence electrons. The molecule has 0 bridgehead atoms. The molecule has 3 nitrogen and oxygen atoms in total. The van der Waals surface area contributed by atoms with Gasteiger partial charge in [0.2, 0.25) is 0 Å². The van der Waals surface area contributed by atoms with E-state index < -0.39 is 6.10 Å². The van der Waals surface area contributed by atoms with Crippen LogP contribution in [0.2, 0.25) is 0 Å². The van der Waals surface area contributed by atoms with Crippen molar-refractivity contribution in [3.63, 3.8) is 0 Å². The summed E-state index contributed by atoms with van der Waals surface area (Å²) in [4.78, 5) is 6.70. The third-order valence-electron chi connectivity index (χ3n) is 3.33. The number of hydrogen-bond acceptors (Lipinski definition) is 3. The number of aromatic nitrogens is 1. The number of aliphatic hydroxyl groups is 1. The summed E-state index contributed by atoms with van der Waals surface area (Å²) in [6, 6.07) is 4.59. The summed E-state index contributed by atoms with van der Waals surface area (Å²) < 4.78 is 0. The van der Waals surface area contributed by atoms with Crippen molar-refractivity contribution in [2.75, 3.05) is 11.4 Å². The molecule has 16 heavy (non-hydrogen) atoms. The molecule has 1 fully saturated rings. The van der Waals surface area contributed by atoms with Gasteiger partial charge in [-0.05, 0) is 45.2 Å². The first-order valence-corrected chi connectivity index (χ1v) is 6.09. The molecule has 0 radical (unpaired) electrons. The van der Waals surface area contributed by atoms with Crippen LogP contribution in [0.15, 0.2) is 18.3 Å². The summed E-state index contributed by atoms with van der Waals surface area (Å²) >= 11 is 0. The van der Waals surface area contributed by atoms with Crippen LogP contribution in [-0.2, 0) is 0 Å². The zero-order valence-corrected chi connectivity index (χ0v) is 10.1. The van der Waals surface area contributed by atoms with Gasteiger partial charge in [-0.1, -0.05) is 0 Å². The zero-order valence-electron chi connectivity index (χ0n) is 10.1. The smallest absolute Gasteiger partial charge is 0.0931 e. The van der Waals surface area contributed by atoms with E-state index >= 15 is 0 Å². The Balaban J connectivity index is 2.14. The number of rotatable bonds is 2. The quantitative estimate of drug-likeness (QED) is 0.832. The van der Waals surface area contributed by atoms with Gasteiger partial charge in [-0.25, -0.2) is 0 Å². The molecule has 2 heterocycles. The SMILES string of the molecule is CC1CCCCN1c1ccc([C@H](C)O)nc1. The molecule has 1 aliphatic heterocycles. The van der Waals surface area contributed by atoms with Gasteiger partial charge in [0.25, 0.3) is 0 Å². The summed E-state index contributed by atoms with van der Waals surface area (Å²) in [6.45, 7) is 5.13. The average molecular weight is 220 g/mol. The van der Waals surface area contributed by atoms with Gasteiger partial charge in [0.1, 0.15) is 0 Å². The van der Waals surface area contributed by atoms with Crippen molar-refractivity contribution in [3.8, 4) is 0 Å². The second-order valence-corrected chi connectivity index (χ2v) is 4.66. The van der Waals surface area contributed by atoms with Crippen LogP contribution in [-0.4, -0.2) is 22.7 Å². The van der Waals surface area contributed by atoms with E-state index in [2.05, 4.69) is 22.9 Å². The molecule has 0 spiro atoms. The van der Waals surface area contributed by atoms with Gasteiger partial charge in [-0.15, -0.1) is 0 Å². The molecule has 1 unspecified atom stereocenters. The van der Waals surface area contributed by atoms with E-state index in [1.54, 1.807) is 6.92 Å². The molecule has 1 aliphatic rings. The van der Waals surface area contributed by atoms with Gasteiger partial charge in [-0.2, -0.15) is 0 Å². The number of anilines is 1. The number of piperidine rings is 1. The zero-order chi connectivity index (χ0) is 11.5. The normalized spacial score (nSPS) is 23.2. The van der Waals surface area contributed by atoms with Crippen molar-refractivity contribution in [1.29, 1.82) is 0 Å². The average Bonchev–Trinajstić information content (AvgIpc) is 2.30. The predicted octanol–water partition coefficient (Wildman–Crippen LogP) is 2.51. The maximum atomic E-state index is 9.40. The van der Waals surface area contributed by atoms with Gasteiger partial charge >= 0.3 is 0 Å². The van der Waals surface area contributed by atoms with Crippen LogP contribution < -0.4 is 4.90 Å². The molecule has 1 N–H and O–H groups in total. The fourth-order valence-corrected chi connectivity index (χ4v) is 2.30. The Kier molecular flexibility index (Phi) is 3.44. The molecule has 0 aromatic carbocycles. The Morgan fingerprint density at radius 2 is 2.25 bits per heavy atom. The van der Waals surface area contributed by atoms with E-state index in [1.807, 2.05) is 12.3 Å². The Labute approximate surface area is 97.1 Å². The lowest BCUT2D eigenvalue weighted by atomic mass is 10.0. The lowest BCUT2D eigenvalue weighted by molar-refractivity contribution is 0.194. The molecule has 1 saturated heterocycles. The van der Waals surface area contributed by atoms with Crippen molar-refractivity contribution in [2.24, 2.45) is 0 Å². The number of pyridine rings is 1. The highest BCUT2D eigenvalue weighted by molar-refractivity contribution is 5.46. The maximum absolute atomic E-state index is 9.40. The molecule has 0 aliphatic carbocycles. The van der Waals surface area contributed by atoms with Crippen molar-refractivity contribution >= 4 is 5.69 Å². The summed E-state index contributed by atoms with van der Waals surface area (Å²) in [7, 11) is 0. The highest BCUT2D eigenvalue weighted by atomic mass is 16.3. The van der Waals surface area contributed by atoms with Crippen LogP contribution in [0.4, 0.5) is 5.69 Å².